The summed E-state index contributed by atoms with van der Waals surface area (Å²) in [6.07, 6.45) is 0.455. The van der Waals surface area contributed by atoms with Crippen LogP contribution in [0.1, 0.15) is 20.3 Å². The predicted octanol–water partition coefficient (Wildman–Crippen LogP) is 2.00. The number of nitrogens with one attached hydrogen (secondary N) is 1. The van der Waals surface area contributed by atoms with Gasteiger partial charge in [-0.25, -0.2) is 13.1 Å². The van der Waals surface area contributed by atoms with E-state index in [-0.39, 0.29) is 21.1 Å². The van der Waals surface area contributed by atoms with Crippen molar-refractivity contribution < 1.29 is 18.4 Å². The van der Waals surface area contributed by atoms with Crippen LogP contribution in [0.4, 0.5) is 5.69 Å². The van der Waals surface area contributed by atoms with Crippen LogP contribution >= 0.6 is 22.9 Å². The third-order valence-corrected chi connectivity index (χ3v) is 5.74. The van der Waals surface area contributed by atoms with Gasteiger partial charge in [0.1, 0.15) is 4.21 Å². The quantitative estimate of drug-likeness (QED) is 0.581. The first-order chi connectivity index (χ1) is 9.17. The second-order valence-electron chi connectivity index (χ2n) is 4.61. The van der Waals surface area contributed by atoms with E-state index in [1.807, 2.05) is 13.8 Å². The number of halogens is 1. The summed E-state index contributed by atoms with van der Waals surface area (Å²) in [7, 11) is -3.93. The van der Waals surface area contributed by atoms with E-state index in [0.29, 0.717) is 17.8 Å². The van der Waals surface area contributed by atoms with E-state index in [1.54, 1.807) is 0 Å². The Labute approximate surface area is 125 Å². The zero-order chi connectivity index (χ0) is 15.5. The lowest BCUT2D eigenvalue weighted by atomic mass is 10.1. The molecule has 0 aliphatic carbocycles. The lowest BCUT2D eigenvalue weighted by Gasteiger charge is -2.17. The fourth-order valence-corrected chi connectivity index (χ4v) is 4.52. The fraction of sp³-hybridized carbons (Fsp3) is 0.600. The lowest BCUT2D eigenvalue weighted by molar-refractivity contribution is -0.384. The van der Waals surface area contributed by atoms with Gasteiger partial charge >= 0.3 is 0 Å². The van der Waals surface area contributed by atoms with Crippen molar-refractivity contribution in [3.05, 3.63) is 20.5 Å². The summed E-state index contributed by atoms with van der Waals surface area (Å²) in [6.45, 7) is 3.44. The van der Waals surface area contributed by atoms with E-state index in [2.05, 4.69) is 4.72 Å². The Balaban J connectivity index is 2.99. The molecular formula is C10H15ClN2O5S2. The van der Waals surface area contributed by atoms with Gasteiger partial charge in [-0.15, -0.1) is 11.3 Å². The molecule has 1 aromatic rings. The van der Waals surface area contributed by atoms with Crippen molar-refractivity contribution in [2.45, 2.75) is 30.5 Å². The molecule has 0 bridgehead atoms. The summed E-state index contributed by atoms with van der Waals surface area (Å²) in [6, 6.07) is 0.277. The van der Waals surface area contributed by atoms with Gasteiger partial charge in [0.2, 0.25) is 0 Å². The Kier molecular flexibility index (Phi) is 5.90. The first-order valence-corrected chi connectivity index (χ1v) is 8.42. The molecule has 10 heteroatoms. The molecule has 1 atom stereocenters. The lowest BCUT2D eigenvalue weighted by Crippen LogP contribution is -2.38. The van der Waals surface area contributed by atoms with Crippen molar-refractivity contribution >= 4 is 38.6 Å². The minimum atomic E-state index is -3.93. The van der Waals surface area contributed by atoms with E-state index >= 15 is 0 Å². The third kappa shape index (κ3) is 4.38. The van der Waals surface area contributed by atoms with Crippen LogP contribution in [0.3, 0.4) is 0 Å². The van der Waals surface area contributed by atoms with Crippen molar-refractivity contribution in [2.75, 3.05) is 6.61 Å². The second kappa shape index (κ2) is 6.81. The van der Waals surface area contributed by atoms with Gasteiger partial charge in [0.15, 0.2) is 4.34 Å². The fourth-order valence-electron chi connectivity index (χ4n) is 1.60. The number of nitro groups is 1. The minimum Gasteiger partial charge on any atom is -0.395 e. The van der Waals surface area contributed by atoms with Crippen molar-refractivity contribution in [2.24, 2.45) is 5.92 Å². The van der Waals surface area contributed by atoms with Gasteiger partial charge < -0.3 is 5.11 Å². The zero-order valence-electron chi connectivity index (χ0n) is 10.9. The summed E-state index contributed by atoms with van der Waals surface area (Å²) in [5.41, 5.74) is -0.443. The molecule has 114 valence electrons. The smallest absolute Gasteiger partial charge is 0.300 e. The second-order valence-corrected chi connectivity index (χ2v) is 8.21. The Morgan fingerprint density at radius 3 is 2.55 bits per heavy atom. The molecule has 0 radical (unpaired) electrons. The third-order valence-electron chi connectivity index (χ3n) is 2.41. The van der Waals surface area contributed by atoms with Gasteiger partial charge in [-0.1, -0.05) is 25.4 Å². The molecule has 0 saturated carbocycles. The molecule has 20 heavy (non-hydrogen) atoms. The topological polar surface area (TPSA) is 110 Å². The van der Waals surface area contributed by atoms with E-state index in [0.717, 1.165) is 6.07 Å². The van der Waals surface area contributed by atoms with Gasteiger partial charge in [-0.2, -0.15) is 0 Å². The van der Waals surface area contributed by atoms with E-state index in [9.17, 15) is 23.6 Å². The maximum atomic E-state index is 12.1. The molecule has 0 spiro atoms. The normalized spacial score (nSPS) is 13.7. The van der Waals surface area contributed by atoms with Crippen LogP contribution in [0, 0.1) is 16.0 Å². The number of nitrogens with zero attached hydrogens (tertiary/aromatic N) is 1. The Bertz CT molecular complexity index is 584. The number of hydrogen-bond acceptors (Lipinski definition) is 6. The average molecular weight is 343 g/mol. The average Bonchev–Trinajstić information content (AvgIpc) is 2.70. The number of sulfonamides is 1. The molecule has 7 nitrogen and oxygen atoms in total. The van der Waals surface area contributed by atoms with Gasteiger partial charge in [0.05, 0.1) is 11.5 Å². The molecule has 1 rings (SSSR count). The summed E-state index contributed by atoms with van der Waals surface area (Å²) in [5, 5.41) is 19.8. The molecular weight excluding hydrogens is 328 g/mol. The highest BCUT2D eigenvalue weighted by Crippen LogP contribution is 2.36. The van der Waals surface area contributed by atoms with Crippen LogP contribution in [0.5, 0.6) is 0 Å². The molecule has 0 aliphatic heterocycles. The highest BCUT2D eigenvalue weighted by molar-refractivity contribution is 7.91. The molecule has 0 aromatic carbocycles. The summed E-state index contributed by atoms with van der Waals surface area (Å²) in [4.78, 5) is 9.92. The highest BCUT2D eigenvalue weighted by atomic mass is 35.5. The van der Waals surface area contributed by atoms with Crippen molar-refractivity contribution in [3.63, 3.8) is 0 Å². The van der Waals surface area contributed by atoms with Crippen LogP contribution in [0.15, 0.2) is 10.3 Å². The van der Waals surface area contributed by atoms with Gasteiger partial charge in [-0.3, -0.25) is 10.1 Å². The maximum absolute atomic E-state index is 12.1. The van der Waals surface area contributed by atoms with Crippen LogP contribution in [0.2, 0.25) is 4.34 Å². The Morgan fingerprint density at radius 1 is 1.55 bits per heavy atom. The zero-order valence-corrected chi connectivity index (χ0v) is 13.3. The number of thiophene rings is 1. The summed E-state index contributed by atoms with van der Waals surface area (Å²) < 4.78 is 26.0. The highest BCUT2D eigenvalue weighted by Gasteiger charge is 2.27. The first kappa shape index (κ1) is 17.3. The number of aliphatic hydroxyl groups is 1. The van der Waals surface area contributed by atoms with Crippen molar-refractivity contribution in [1.82, 2.24) is 4.72 Å². The number of aliphatic hydroxyl groups excluding tert-OH is 1. The Hall–Kier alpha value is -0.740. The van der Waals surface area contributed by atoms with E-state index in [4.69, 9.17) is 11.6 Å². The molecule has 2 N–H and O–H groups in total. The van der Waals surface area contributed by atoms with Gasteiger partial charge in [0, 0.05) is 12.1 Å². The van der Waals surface area contributed by atoms with Crippen LogP contribution in [0.25, 0.3) is 0 Å². The first-order valence-electron chi connectivity index (χ1n) is 5.74. The minimum absolute atomic E-state index is 0.191. The van der Waals surface area contributed by atoms with Crippen LogP contribution < -0.4 is 4.72 Å². The van der Waals surface area contributed by atoms with Crippen LogP contribution in [-0.2, 0) is 10.0 Å². The molecule has 0 amide bonds. The molecule has 1 aromatic heterocycles. The number of hydrogen-bond donors (Lipinski definition) is 2. The van der Waals surface area contributed by atoms with E-state index < -0.39 is 26.7 Å². The maximum Gasteiger partial charge on any atom is 0.300 e. The number of rotatable bonds is 7. The monoisotopic (exact) mass is 342 g/mol. The standard InChI is InChI=1S/C10H15ClN2O5S2/c1-6(2)3-7(5-14)12-20(17,18)9-4-8(13(15)16)10(11)19-9/h4,6-7,12,14H,3,5H2,1-2H3. The van der Waals surface area contributed by atoms with Crippen molar-refractivity contribution in [1.29, 1.82) is 0 Å². The predicted molar refractivity (Wildman–Crippen MR) is 76.6 cm³/mol. The SMILES string of the molecule is CC(C)CC(CO)NS(=O)(=O)c1cc([N+](=O)[O-])c(Cl)s1. The summed E-state index contributed by atoms with van der Waals surface area (Å²) in [5.74, 6) is 0.191. The largest absolute Gasteiger partial charge is 0.395 e. The molecule has 1 unspecified atom stereocenters. The molecule has 0 aliphatic rings. The molecule has 0 fully saturated rings. The summed E-state index contributed by atoms with van der Waals surface area (Å²) >= 11 is 6.25. The van der Waals surface area contributed by atoms with Gasteiger partial charge in [0.25, 0.3) is 15.7 Å². The van der Waals surface area contributed by atoms with E-state index in [1.165, 1.54) is 0 Å². The molecule has 1 heterocycles. The van der Waals surface area contributed by atoms with Gasteiger partial charge in [-0.05, 0) is 12.3 Å². The van der Waals surface area contributed by atoms with Crippen molar-refractivity contribution in [3.8, 4) is 0 Å². The Morgan fingerprint density at radius 2 is 2.15 bits per heavy atom. The van der Waals surface area contributed by atoms with Crippen LogP contribution in [-0.4, -0.2) is 31.1 Å². The molecule has 0 saturated heterocycles.